The number of hydrogen-bond acceptors (Lipinski definition) is 1. The number of amides is 1. The smallest absolute Gasteiger partial charge is 0.409 e. The summed E-state index contributed by atoms with van der Waals surface area (Å²) in [6, 6.07) is 6.42. The molecule has 0 unspecified atom stereocenters. The van der Waals surface area contributed by atoms with Crippen molar-refractivity contribution in [2.75, 3.05) is 5.32 Å². The van der Waals surface area contributed by atoms with Crippen molar-refractivity contribution in [3.63, 3.8) is 0 Å². The van der Waals surface area contributed by atoms with Crippen LogP contribution in [-0.4, -0.2) is 16.6 Å². The molecule has 0 heterocycles. The summed E-state index contributed by atoms with van der Waals surface area (Å²) >= 11 is 11.0. The number of rotatable bonds is 1. The fraction of sp³-hybridized carbons (Fsp3) is 0.300. The quantitative estimate of drug-likeness (QED) is 0.742. The van der Waals surface area contributed by atoms with E-state index >= 15 is 0 Å². The van der Waals surface area contributed by atoms with Crippen LogP contribution in [0.15, 0.2) is 24.3 Å². The lowest BCUT2D eigenvalue weighted by Crippen LogP contribution is -2.06. The van der Waals surface area contributed by atoms with E-state index in [4.69, 9.17) is 28.3 Å². The predicted molar refractivity (Wildman–Crippen MR) is 62.0 cm³/mol. The molecule has 2 rings (SSSR count). The van der Waals surface area contributed by atoms with E-state index < -0.39 is 6.09 Å². The molecule has 0 aromatic heterocycles. The van der Waals surface area contributed by atoms with Crippen LogP contribution in [0.4, 0.5) is 10.5 Å². The summed E-state index contributed by atoms with van der Waals surface area (Å²) in [5.41, 5.74) is 0.516. The maximum Gasteiger partial charge on any atom is 0.409 e. The predicted octanol–water partition coefficient (Wildman–Crippen LogP) is 3.82. The van der Waals surface area contributed by atoms with Gasteiger partial charge in [-0.2, -0.15) is 0 Å². The van der Waals surface area contributed by atoms with Crippen LogP contribution in [0.3, 0.4) is 0 Å². The van der Waals surface area contributed by atoms with Gasteiger partial charge >= 0.3 is 6.09 Å². The number of benzene rings is 1. The molecule has 0 spiro atoms. The van der Waals surface area contributed by atoms with Gasteiger partial charge in [0, 0.05) is 16.1 Å². The third-order valence-corrected chi connectivity index (χ3v) is 2.29. The summed E-state index contributed by atoms with van der Waals surface area (Å²) in [6.45, 7) is 0. The van der Waals surface area contributed by atoms with Gasteiger partial charge in [-0.3, -0.25) is 5.32 Å². The second-order valence-electron chi connectivity index (χ2n) is 3.11. The molecule has 0 atom stereocenters. The third-order valence-electron chi connectivity index (χ3n) is 1.60. The zero-order chi connectivity index (χ0) is 11.3. The van der Waals surface area contributed by atoms with E-state index in [2.05, 4.69) is 5.32 Å². The molecule has 5 heteroatoms. The standard InChI is InChI=1S/C7H6ClNO2.C3H5Cl/c8-5-1-3-6(4-2-5)9-7(10)11;4-3-1-2-3/h1-4,9H,(H,10,11);3H,1-2H2. The molecule has 1 fully saturated rings. The number of anilines is 1. The van der Waals surface area contributed by atoms with Crippen molar-refractivity contribution in [1.82, 2.24) is 0 Å². The molecule has 1 saturated carbocycles. The van der Waals surface area contributed by atoms with Crippen LogP contribution in [-0.2, 0) is 0 Å². The SMILES string of the molecule is ClC1CC1.O=C(O)Nc1ccc(Cl)cc1. The number of alkyl halides is 1. The van der Waals surface area contributed by atoms with Crippen molar-refractivity contribution < 1.29 is 9.90 Å². The van der Waals surface area contributed by atoms with Crippen molar-refractivity contribution in [2.45, 2.75) is 18.2 Å². The molecule has 1 amide bonds. The van der Waals surface area contributed by atoms with E-state index in [0.29, 0.717) is 16.1 Å². The van der Waals surface area contributed by atoms with Gasteiger partial charge in [-0.25, -0.2) is 4.79 Å². The second kappa shape index (κ2) is 5.83. The van der Waals surface area contributed by atoms with E-state index in [-0.39, 0.29) is 0 Å². The summed E-state index contributed by atoms with van der Waals surface area (Å²) in [7, 11) is 0. The molecular formula is C10H11Cl2NO2. The van der Waals surface area contributed by atoms with Crippen LogP contribution in [0.2, 0.25) is 5.02 Å². The van der Waals surface area contributed by atoms with Crippen molar-refractivity contribution in [3.8, 4) is 0 Å². The maximum absolute atomic E-state index is 10.1. The summed E-state index contributed by atoms with van der Waals surface area (Å²) in [5.74, 6) is 0. The minimum Gasteiger partial charge on any atom is -0.465 e. The lowest BCUT2D eigenvalue weighted by atomic mass is 10.3. The van der Waals surface area contributed by atoms with Gasteiger partial charge in [-0.15, -0.1) is 11.6 Å². The highest BCUT2D eigenvalue weighted by Crippen LogP contribution is 2.25. The highest BCUT2D eigenvalue weighted by atomic mass is 35.5. The van der Waals surface area contributed by atoms with Gasteiger partial charge < -0.3 is 5.11 Å². The molecule has 1 aliphatic rings. The molecule has 15 heavy (non-hydrogen) atoms. The molecule has 2 N–H and O–H groups in total. The van der Waals surface area contributed by atoms with E-state index in [1.54, 1.807) is 24.3 Å². The number of halogens is 2. The Morgan fingerprint density at radius 3 is 2.13 bits per heavy atom. The zero-order valence-corrected chi connectivity index (χ0v) is 9.42. The minimum absolute atomic E-state index is 0.516. The van der Waals surface area contributed by atoms with Gasteiger partial charge in [-0.05, 0) is 37.1 Å². The number of carboxylic acid groups (broad SMARTS) is 1. The molecule has 0 radical (unpaired) electrons. The van der Waals surface area contributed by atoms with E-state index in [0.717, 1.165) is 0 Å². The molecule has 1 aromatic carbocycles. The Bertz CT molecular complexity index is 323. The van der Waals surface area contributed by atoms with E-state index in [1.807, 2.05) is 0 Å². The van der Waals surface area contributed by atoms with Crippen molar-refractivity contribution in [1.29, 1.82) is 0 Å². The van der Waals surface area contributed by atoms with Crippen molar-refractivity contribution in [2.24, 2.45) is 0 Å². The zero-order valence-electron chi connectivity index (χ0n) is 7.91. The van der Waals surface area contributed by atoms with E-state index in [9.17, 15) is 4.79 Å². The Kier molecular flexibility index (Phi) is 4.72. The third kappa shape index (κ3) is 6.20. The number of nitrogens with one attached hydrogen (secondary N) is 1. The fourth-order valence-corrected chi connectivity index (χ4v) is 0.972. The van der Waals surface area contributed by atoms with Gasteiger partial charge in [0.25, 0.3) is 0 Å². The van der Waals surface area contributed by atoms with Crippen LogP contribution in [0.25, 0.3) is 0 Å². The fourth-order valence-electron chi connectivity index (χ4n) is 0.720. The van der Waals surface area contributed by atoms with E-state index in [1.165, 1.54) is 12.8 Å². The van der Waals surface area contributed by atoms with Crippen molar-refractivity contribution >= 4 is 35.0 Å². The molecule has 3 nitrogen and oxygen atoms in total. The minimum atomic E-state index is -1.08. The lowest BCUT2D eigenvalue weighted by Gasteiger charge is -1.98. The molecule has 82 valence electrons. The summed E-state index contributed by atoms with van der Waals surface area (Å²) in [6.07, 6.45) is 1.43. The van der Waals surface area contributed by atoms with Crippen LogP contribution >= 0.6 is 23.2 Å². The largest absolute Gasteiger partial charge is 0.465 e. The number of hydrogen-bond donors (Lipinski definition) is 2. The molecule has 1 aliphatic carbocycles. The summed E-state index contributed by atoms with van der Waals surface area (Å²) in [5, 5.41) is 11.6. The molecule has 0 bridgehead atoms. The van der Waals surface area contributed by atoms with Gasteiger partial charge in [0.05, 0.1) is 0 Å². The average Bonchev–Trinajstić information content (AvgIpc) is 2.92. The summed E-state index contributed by atoms with van der Waals surface area (Å²) < 4.78 is 0. The maximum atomic E-state index is 10.1. The first-order chi connectivity index (χ1) is 7.08. The summed E-state index contributed by atoms with van der Waals surface area (Å²) in [4.78, 5) is 10.1. The lowest BCUT2D eigenvalue weighted by molar-refractivity contribution is 0.210. The molecular weight excluding hydrogens is 237 g/mol. The number of carbonyl (C=O) groups is 1. The Morgan fingerprint density at radius 1 is 1.33 bits per heavy atom. The Morgan fingerprint density at radius 2 is 1.80 bits per heavy atom. The van der Waals surface area contributed by atoms with Crippen LogP contribution in [0.1, 0.15) is 12.8 Å². The van der Waals surface area contributed by atoms with Gasteiger partial charge in [0.1, 0.15) is 0 Å². The molecule has 1 aromatic rings. The van der Waals surface area contributed by atoms with Gasteiger partial charge in [0.2, 0.25) is 0 Å². The first kappa shape index (κ1) is 12.1. The Balaban J connectivity index is 0.000000234. The topological polar surface area (TPSA) is 49.3 Å². The normalized spacial score (nSPS) is 13.7. The molecule has 0 saturated heterocycles. The molecule has 0 aliphatic heterocycles. The van der Waals surface area contributed by atoms with Crippen molar-refractivity contribution in [3.05, 3.63) is 29.3 Å². The van der Waals surface area contributed by atoms with Crippen LogP contribution in [0.5, 0.6) is 0 Å². The highest BCUT2D eigenvalue weighted by molar-refractivity contribution is 6.30. The first-order valence-corrected chi connectivity index (χ1v) is 5.29. The van der Waals surface area contributed by atoms with Gasteiger partial charge in [0.15, 0.2) is 0 Å². The Hall–Kier alpha value is -0.930. The van der Waals surface area contributed by atoms with Gasteiger partial charge in [-0.1, -0.05) is 11.6 Å². The Labute approximate surface area is 98.0 Å². The van der Waals surface area contributed by atoms with Crippen LogP contribution < -0.4 is 5.32 Å². The first-order valence-electron chi connectivity index (χ1n) is 4.47. The highest BCUT2D eigenvalue weighted by Gasteiger charge is 2.15. The van der Waals surface area contributed by atoms with Crippen LogP contribution in [0, 0.1) is 0 Å². The average molecular weight is 248 g/mol. The monoisotopic (exact) mass is 247 g/mol. The second-order valence-corrected chi connectivity index (χ2v) is 4.17.